The highest BCUT2D eigenvalue weighted by Gasteiger charge is 2.16. The van der Waals surface area contributed by atoms with E-state index in [1.54, 1.807) is 55.5 Å². The zero-order chi connectivity index (χ0) is 29.2. The number of carbonyl (C=O) groups excluding carboxylic acids is 1. The Bertz CT molecular complexity index is 1720. The number of H-pyrrole nitrogens is 2. The van der Waals surface area contributed by atoms with Crippen molar-refractivity contribution in [2.75, 3.05) is 19.7 Å². The van der Waals surface area contributed by atoms with Crippen LogP contribution in [0.2, 0.25) is 0 Å². The van der Waals surface area contributed by atoms with E-state index in [1.165, 1.54) is 9.13 Å². The lowest BCUT2D eigenvalue weighted by Gasteiger charge is -2.17. The molecule has 11 nitrogen and oxygen atoms in total. The summed E-state index contributed by atoms with van der Waals surface area (Å²) in [5, 5.41) is 4.30. The van der Waals surface area contributed by atoms with Crippen molar-refractivity contribution in [2.45, 2.75) is 58.5 Å². The normalized spacial score (nSPS) is 12.1. The third-order valence-corrected chi connectivity index (χ3v) is 7.23. The highest BCUT2D eigenvalue weighted by molar-refractivity contribution is 5.77. The molecular formula is C30H37N5O6. The molecule has 11 heteroatoms. The van der Waals surface area contributed by atoms with Crippen molar-refractivity contribution >= 4 is 27.8 Å². The average Bonchev–Trinajstić information content (AvgIpc) is 2.95. The van der Waals surface area contributed by atoms with Gasteiger partial charge in [0.25, 0.3) is 11.1 Å². The van der Waals surface area contributed by atoms with E-state index < -0.39 is 11.4 Å². The molecule has 0 aliphatic carbocycles. The van der Waals surface area contributed by atoms with Crippen molar-refractivity contribution < 1.29 is 9.53 Å². The number of hydrogen-bond donors (Lipinski definition) is 3. The van der Waals surface area contributed by atoms with Crippen molar-refractivity contribution in [3.63, 3.8) is 0 Å². The van der Waals surface area contributed by atoms with Crippen LogP contribution in [0.1, 0.15) is 45.4 Å². The van der Waals surface area contributed by atoms with Gasteiger partial charge in [0, 0.05) is 19.5 Å². The summed E-state index contributed by atoms with van der Waals surface area (Å²) >= 11 is 0. The van der Waals surface area contributed by atoms with Crippen LogP contribution in [-0.2, 0) is 22.6 Å². The number of aromatic amines is 2. The number of nitrogens with one attached hydrogen (secondary N) is 3. The fourth-order valence-corrected chi connectivity index (χ4v) is 5.15. The van der Waals surface area contributed by atoms with Gasteiger partial charge in [0.05, 0.1) is 28.4 Å². The monoisotopic (exact) mass is 563 g/mol. The van der Waals surface area contributed by atoms with Gasteiger partial charge in [0.1, 0.15) is 0 Å². The Morgan fingerprint density at radius 1 is 0.780 bits per heavy atom. The van der Waals surface area contributed by atoms with Crippen LogP contribution in [-0.4, -0.2) is 44.8 Å². The molecule has 2 heterocycles. The Morgan fingerprint density at radius 3 is 1.88 bits per heavy atom. The van der Waals surface area contributed by atoms with Crippen LogP contribution in [0.5, 0.6) is 0 Å². The molecule has 0 aliphatic heterocycles. The summed E-state index contributed by atoms with van der Waals surface area (Å²) in [6, 6.07) is 13.9. The number of ether oxygens (including phenoxy) is 1. The topological polar surface area (TPSA) is 148 Å². The zero-order valence-corrected chi connectivity index (χ0v) is 23.3. The second kappa shape index (κ2) is 14.4. The van der Waals surface area contributed by atoms with Crippen LogP contribution in [0.4, 0.5) is 0 Å². The molecule has 1 unspecified atom stereocenters. The van der Waals surface area contributed by atoms with Crippen molar-refractivity contribution in [2.24, 2.45) is 5.92 Å². The van der Waals surface area contributed by atoms with Crippen molar-refractivity contribution in [1.29, 1.82) is 0 Å². The number of aromatic nitrogens is 4. The summed E-state index contributed by atoms with van der Waals surface area (Å²) in [6.45, 7) is 4.02. The van der Waals surface area contributed by atoms with E-state index in [4.69, 9.17) is 4.74 Å². The number of hydrogen-bond acceptors (Lipinski definition) is 7. The quantitative estimate of drug-likeness (QED) is 0.149. The number of fused-ring (bicyclic) bond motifs is 2. The zero-order valence-electron chi connectivity index (χ0n) is 23.3. The predicted molar refractivity (Wildman–Crippen MR) is 158 cm³/mol. The molecule has 0 amide bonds. The van der Waals surface area contributed by atoms with Gasteiger partial charge in [-0.1, -0.05) is 24.3 Å². The summed E-state index contributed by atoms with van der Waals surface area (Å²) in [4.78, 5) is 67.9. The van der Waals surface area contributed by atoms with E-state index in [0.717, 1.165) is 12.8 Å². The minimum Gasteiger partial charge on any atom is -0.466 e. The molecule has 2 aromatic carbocycles. The predicted octanol–water partition coefficient (Wildman–Crippen LogP) is 2.50. The third kappa shape index (κ3) is 7.69. The van der Waals surface area contributed by atoms with Gasteiger partial charge in [-0.05, 0) is 82.3 Å². The lowest BCUT2D eigenvalue weighted by Crippen LogP contribution is -2.35. The van der Waals surface area contributed by atoms with Crippen molar-refractivity contribution in [1.82, 2.24) is 24.4 Å². The van der Waals surface area contributed by atoms with E-state index in [0.29, 0.717) is 67.3 Å². The van der Waals surface area contributed by atoms with Crippen LogP contribution >= 0.6 is 0 Å². The molecule has 2 aromatic heterocycles. The van der Waals surface area contributed by atoms with Gasteiger partial charge in [-0.3, -0.25) is 23.5 Å². The molecule has 0 fully saturated rings. The summed E-state index contributed by atoms with van der Waals surface area (Å²) < 4.78 is 7.60. The smallest absolute Gasteiger partial charge is 0.328 e. The SMILES string of the molecule is CCOC(=O)CC(CCCNCCCn1c(=O)[nH]c2ccccc2c1=O)CCCn1c(=O)[nH]c2ccccc2c1=O. The highest BCUT2D eigenvalue weighted by Crippen LogP contribution is 2.19. The average molecular weight is 564 g/mol. The lowest BCUT2D eigenvalue weighted by molar-refractivity contribution is -0.144. The Balaban J connectivity index is 1.25. The Labute approximate surface area is 236 Å². The molecule has 0 spiro atoms. The number of rotatable bonds is 15. The van der Waals surface area contributed by atoms with Crippen LogP contribution in [0.25, 0.3) is 21.8 Å². The van der Waals surface area contributed by atoms with Gasteiger partial charge >= 0.3 is 17.3 Å². The summed E-state index contributed by atoms with van der Waals surface area (Å²) in [6.07, 6.45) is 3.74. The Kier molecular flexibility index (Phi) is 10.4. The first-order chi connectivity index (χ1) is 19.9. The fourth-order valence-electron chi connectivity index (χ4n) is 5.15. The van der Waals surface area contributed by atoms with Gasteiger partial charge in [0.2, 0.25) is 0 Å². The molecule has 3 N–H and O–H groups in total. The fraction of sp³-hybridized carbons (Fsp3) is 0.433. The molecule has 0 bridgehead atoms. The molecule has 0 radical (unpaired) electrons. The van der Waals surface area contributed by atoms with E-state index in [9.17, 15) is 24.0 Å². The molecule has 1 atom stereocenters. The van der Waals surface area contributed by atoms with Gasteiger partial charge in [-0.15, -0.1) is 0 Å². The lowest BCUT2D eigenvalue weighted by atomic mass is 9.94. The molecule has 4 aromatic rings. The molecule has 0 aliphatic rings. The van der Waals surface area contributed by atoms with E-state index in [-0.39, 0.29) is 36.0 Å². The Morgan fingerprint density at radius 2 is 1.29 bits per heavy atom. The summed E-state index contributed by atoms with van der Waals surface area (Å²) in [7, 11) is 0. The second-order valence-electron chi connectivity index (χ2n) is 10.1. The largest absolute Gasteiger partial charge is 0.466 e. The number of carbonyl (C=O) groups is 1. The first kappa shape index (κ1) is 29.7. The van der Waals surface area contributed by atoms with E-state index >= 15 is 0 Å². The minimum absolute atomic E-state index is 0.0563. The third-order valence-electron chi connectivity index (χ3n) is 7.23. The molecule has 218 valence electrons. The number of esters is 1. The van der Waals surface area contributed by atoms with Crippen LogP contribution in [0.3, 0.4) is 0 Å². The first-order valence-corrected chi connectivity index (χ1v) is 14.2. The van der Waals surface area contributed by atoms with Gasteiger partial charge < -0.3 is 20.0 Å². The minimum atomic E-state index is -0.437. The number of nitrogens with zero attached hydrogens (tertiary/aromatic N) is 2. The molecule has 41 heavy (non-hydrogen) atoms. The maximum absolute atomic E-state index is 12.8. The summed E-state index contributed by atoms with van der Waals surface area (Å²) in [5.74, 6) is -0.196. The maximum atomic E-state index is 12.8. The number of benzene rings is 2. The van der Waals surface area contributed by atoms with Gasteiger partial charge in [0.15, 0.2) is 0 Å². The Hall–Kier alpha value is -4.25. The molecule has 0 saturated carbocycles. The molecular weight excluding hydrogens is 526 g/mol. The van der Waals surface area contributed by atoms with Crippen LogP contribution in [0, 0.1) is 5.92 Å². The number of para-hydroxylation sites is 2. The molecule has 4 rings (SSSR count). The van der Waals surface area contributed by atoms with Crippen LogP contribution < -0.4 is 27.8 Å². The van der Waals surface area contributed by atoms with Gasteiger partial charge in [-0.2, -0.15) is 0 Å². The highest BCUT2D eigenvalue weighted by atomic mass is 16.5. The first-order valence-electron chi connectivity index (χ1n) is 14.2. The summed E-state index contributed by atoms with van der Waals surface area (Å²) in [5.41, 5.74) is -0.410. The maximum Gasteiger partial charge on any atom is 0.328 e. The van der Waals surface area contributed by atoms with Gasteiger partial charge in [-0.25, -0.2) is 9.59 Å². The second-order valence-corrected chi connectivity index (χ2v) is 10.1. The van der Waals surface area contributed by atoms with Crippen molar-refractivity contribution in [3.05, 3.63) is 90.2 Å². The van der Waals surface area contributed by atoms with Crippen molar-refractivity contribution in [3.8, 4) is 0 Å². The van der Waals surface area contributed by atoms with E-state index in [2.05, 4.69) is 15.3 Å². The molecule has 0 saturated heterocycles. The van der Waals surface area contributed by atoms with E-state index in [1.807, 2.05) is 0 Å². The van der Waals surface area contributed by atoms with Crippen LogP contribution in [0.15, 0.2) is 67.7 Å². The standard InChI is InChI=1S/C30H37N5O6/c1-2-41-26(36)20-21(11-8-18-34-27(37)22-12-3-5-14-24(22)32-29(34)39)10-7-16-31-17-9-19-35-28(38)23-13-4-6-15-25(23)33-30(35)40/h3-6,12-15,21,31H,2,7-11,16-20H2,1H3,(H,32,39)(H,33,40).